The maximum atomic E-state index is 12.5. The van der Waals surface area contributed by atoms with E-state index >= 15 is 0 Å². The van der Waals surface area contributed by atoms with Crippen LogP contribution in [-0.2, 0) is 17.6 Å². The first-order chi connectivity index (χ1) is 15.7. The van der Waals surface area contributed by atoms with E-state index in [4.69, 9.17) is 0 Å². The third-order valence-corrected chi connectivity index (χ3v) is 4.96. The van der Waals surface area contributed by atoms with Gasteiger partial charge in [0.2, 0.25) is 0 Å². The van der Waals surface area contributed by atoms with Gasteiger partial charge in [0.15, 0.2) is 0 Å². The van der Waals surface area contributed by atoms with Crippen LogP contribution in [0, 0.1) is 23.7 Å². The fourth-order valence-corrected chi connectivity index (χ4v) is 3.26. The van der Waals surface area contributed by atoms with Crippen LogP contribution in [0.4, 0.5) is 0 Å². The highest BCUT2D eigenvalue weighted by Gasteiger charge is 2.05. The molecule has 0 aliphatic heterocycles. The molecular formula is C31H22O. The minimum absolute atomic E-state index is 0.191. The van der Waals surface area contributed by atoms with E-state index in [-0.39, 0.29) is 5.78 Å². The van der Waals surface area contributed by atoms with Crippen molar-refractivity contribution in [2.24, 2.45) is 0 Å². The van der Waals surface area contributed by atoms with E-state index in [1.54, 1.807) is 0 Å². The predicted molar refractivity (Wildman–Crippen MR) is 130 cm³/mol. The second kappa shape index (κ2) is 10.6. The molecule has 0 aliphatic carbocycles. The molecule has 4 aromatic carbocycles. The standard InChI is InChI=1S/C31H22O/c32-31(23-29-19-15-27(16-20-29)13-11-25-7-3-1-4-8-25)24-30-21-17-28(18-22-30)14-12-26-9-5-2-6-10-26/h1-10,15-22H,23-24H2. The van der Waals surface area contributed by atoms with Gasteiger partial charge < -0.3 is 0 Å². The SMILES string of the molecule is O=C(Cc1ccc(C#Cc2ccccc2)cc1)Cc1ccc(C#Cc2ccccc2)cc1. The number of rotatable bonds is 4. The van der Waals surface area contributed by atoms with Crippen molar-refractivity contribution in [3.63, 3.8) is 0 Å². The van der Waals surface area contributed by atoms with Crippen LogP contribution in [0.1, 0.15) is 33.4 Å². The normalized spacial score (nSPS) is 9.75. The van der Waals surface area contributed by atoms with Crippen LogP contribution >= 0.6 is 0 Å². The molecule has 4 rings (SSSR count). The molecular weight excluding hydrogens is 388 g/mol. The minimum atomic E-state index is 0.191. The fraction of sp³-hybridized carbons (Fsp3) is 0.0645. The van der Waals surface area contributed by atoms with Gasteiger partial charge in [0.05, 0.1) is 0 Å². The monoisotopic (exact) mass is 410 g/mol. The van der Waals surface area contributed by atoms with E-state index in [2.05, 4.69) is 23.7 Å². The first-order valence-electron chi connectivity index (χ1n) is 10.6. The van der Waals surface area contributed by atoms with Gasteiger partial charge in [0.1, 0.15) is 5.78 Å². The maximum Gasteiger partial charge on any atom is 0.141 e. The summed E-state index contributed by atoms with van der Waals surface area (Å²) in [5, 5.41) is 0. The van der Waals surface area contributed by atoms with Crippen molar-refractivity contribution in [2.75, 3.05) is 0 Å². The molecule has 1 nitrogen and oxygen atoms in total. The van der Waals surface area contributed by atoms with Crippen LogP contribution in [0.5, 0.6) is 0 Å². The van der Waals surface area contributed by atoms with Crippen LogP contribution in [0.15, 0.2) is 109 Å². The topological polar surface area (TPSA) is 17.1 Å². The minimum Gasteiger partial charge on any atom is -0.299 e. The second-order valence-electron chi connectivity index (χ2n) is 7.52. The van der Waals surface area contributed by atoms with Crippen LogP contribution in [0.25, 0.3) is 0 Å². The van der Waals surface area contributed by atoms with Crippen LogP contribution in [0.3, 0.4) is 0 Å². The van der Waals surface area contributed by atoms with Crippen LogP contribution < -0.4 is 0 Å². The van der Waals surface area contributed by atoms with Gasteiger partial charge >= 0.3 is 0 Å². The molecule has 0 aromatic heterocycles. The van der Waals surface area contributed by atoms with Gasteiger partial charge in [-0.1, -0.05) is 84.3 Å². The fourth-order valence-electron chi connectivity index (χ4n) is 3.26. The van der Waals surface area contributed by atoms with Crippen molar-refractivity contribution in [2.45, 2.75) is 12.8 Å². The van der Waals surface area contributed by atoms with E-state index in [0.717, 1.165) is 33.4 Å². The number of benzene rings is 4. The molecule has 0 N–H and O–H groups in total. The Balaban J connectivity index is 1.32. The third-order valence-electron chi connectivity index (χ3n) is 4.96. The molecule has 0 unspecified atom stereocenters. The molecule has 0 saturated carbocycles. The molecule has 0 fully saturated rings. The summed E-state index contributed by atoms with van der Waals surface area (Å²) in [6.45, 7) is 0. The van der Waals surface area contributed by atoms with Crippen molar-refractivity contribution in [1.82, 2.24) is 0 Å². The summed E-state index contributed by atoms with van der Waals surface area (Å²) < 4.78 is 0. The molecule has 0 spiro atoms. The van der Waals surface area contributed by atoms with Gasteiger partial charge in [-0.15, -0.1) is 0 Å². The lowest BCUT2D eigenvalue weighted by Gasteiger charge is -2.03. The van der Waals surface area contributed by atoms with Gasteiger partial charge in [-0.25, -0.2) is 0 Å². The van der Waals surface area contributed by atoms with Gasteiger partial charge in [0, 0.05) is 35.1 Å². The highest BCUT2D eigenvalue weighted by molar-refractivity contribution is 5.83. The van der Waals surface area contributed by atoms with Crippen LogP contribution in [-0.4, -0.2) is 5.78 Å². The molecule has 0 amide bonds. The Kier molecular flexibility index (Phi) is 6.95. The molecule has 152 valence electrons. The highest BCUT2D eigenvalue weighted by atomic mass is 16.1. The lowest BCUT2D eigenvalue weighted by atomic mass is 10.0. The Morgan fingerprint density at radius 2 is 0.750 bits per heavy atom. The summed E-state index contributed by atoms with van der Waals surface area (Å²) in [5.74, 6) is 12.8. The molecule has 0 aliphatic rings. The zero-order valence-corrected chi connectivity index (χ0v) is 17.7. The molecule has 0 atom stereocenters. The Hall–Kier alpha value is -4.33. The number of carbonyl (C=O) groups excluding carboxylic acids is 1. The zero-order valence-electron chi connectivity index (χ0n) is 17.7. The van der Waals surface area contributed by atoms with E-state index in [1.165, 1.54) is 0 Å². The van der Waals surface area contributed by atoms with Gasteiger partial charge in [-0.05, 0) is 59.7 Å². The zero-order chi connectivity index (χ0) is 22.0. The van der Waals surface area contributed by atoms with Gasteiger partial charge in [-0.2, -0.15) is 0 Å². The number of hydrogen-bond donors (Lipinski definition) is 0. The van der Waals surface area contributed by atoms with E-state index in [9.17, 15) is 4.79 Å². The summed E-state index contributed by atoms with van der Waals surface area (Å²) in [7, 11) is 0. The van der Waals surface area contributed by atoms with Gasteiger partial charge in [0.25, 0.3) is 0 Å². The number of Topliss-reactive ketones (excluding diaryl/α,β-unsaturated/α-hetero) is 1. The Morgan fingerprint density at radius 3 is 1.09 bits per heavy atom. The average molecular weight is 411 g/mol. The molecule has 0 radical (unpaired) electrons. The number of hydrogen-bond acceptors (Lipinski definition) is 1. The van der Waals surface area contributed by atoms with Crippen molar-refractivity contribution in [3.05, 3.63) is 143 Å². The van der Waals surface area contributed by atoms with Gasteiger partial charge in [-0.3, -0.25) is 4.79 Å². The highest BCUT2D eigenvalue weighted by Crippen LogP contribution is 2.10. The molecule has 0 saturated heterocycles. The van der Waals surface area contributed by atoms with E-state index in [1.807, 2.05) is 109 Å². The van der Waals surface area contributed by atoms with Crippen molar-refractivity contribution >= 4 is 5.78 Å². The summed E-state index contributed by atoms with van der Waals surface area (Å²) >= 11 is 0. The molecule has 4 aromatic rings. The number of ketones is 1. The second-order valence-corrected chi connectivity index (χ2v) is 7.52. The van der Waals surface area contributed by atoms with E-state index < -0.39 is 0 Å². The lowest BCUT2D eigenvalue weighted by Crippen LogP contribution is -2.06. The van der Waals surface area contributed by atoms with Crippen LogP contribution in [0.2, 0.25) is 0 Å². The average Bonchev–Trinajstić information content (AvgIpc) is 2.84. The summed E-state index contributed by atoms with van der Waals surface area (Å²) in [6, 6.07) is 35.6. The van der Waals surface area contributed by atoms with Crippen molar-refractivity contribution in [1.29, 1.82) is 0 Å². The first-order valence-corrected chi connectivity index (χ1v) is 10.6. The summed E-state index contributed by atoms with van der Waals surface area (Å²) in [6.07, 6.45) is 0.837. The Labute approximate surface area is 189 Å². The molecule has 1 heteroatoms. The molecule has 0 heterocycles. The Bertz CT molecular complexity index is 1190. The third kappa shape index (κ3) is 6.33. The maximum absolute atomic E-state index is 12.5. The smallest absolute Gasteiger partial charge is 0.141 e. The van der Waals surface area contributed by atoms with E-state index in [0.29, 0.717) is 12.8 Å². The molecule has 0 bridgehead atoms. The van der Waals surface area contributed by atoms with Crippen molar-refractivity contribution < 1.29 is 4.79 Å². The Morgan fingerprint density at radius 1 is 0.438 bits per heavy atom. The first kappa shape index (κ1) is 20.9. The summed E-state index contributed by atoms with van der Waals surface area (Å²) in [4.78, 5) is 12.5. The largest absolute Gasteiger partial charge is 0.299 e. The lowest BCUT2D eigenvalue weighted by molar-refractivity contribution is -0.117. The predicted octanol–water partition coefficient (Wildman–Crippen LogP) is 5.84. The number of carbonyl (C=O) groups is 1. The summed E-state index contributed by atoms with van der Waals surface area (Å²) in [5.41, 5.74) is 5.87. The quantitative estimate of drug-likeness (QED) is 0.386. The van der Waals surface area contributed by atoms with Crippen molar-refractivity contribution in [3.8, 4) is 23.7 Å². The molecule has 32 heavy (non-hydrogen) atoms.